The lowest BCUT2D eigenvalue weighted by molar-refractivity contribution is -0.138. The van der Waals surface area contributed by atoms with Gasteiger partial charge in [-0.25, -0.2) is 4.79 Å². The lowest BCUT2D eigenvalue weighted by Crippen LogP contribution is -2.46. The molecule has 1 rings (SSSR count). The normalized spacial score (nSPS) is 11.7. The third-order valence-corrected chi connectivity index (χ3v) is 2.46. The minimum absolute atomic E-state index is 0.357. The number of amides is 2. The molecule has 0 aromatic carbocycles. The topological polar surface area (TPSA) is 82.5 Å². The molecule has 1 heterocycles. The number of rotatable bonds is 5. The Hall–Kier alpha value is -2.11. The maximum Gasteiger partial charge on any atom is 0.325 e. The van der Waals surface area contributed by atoms with E-state index in [1.807, 2.05) is 19.1 Å². The third-order valence-electron chi connectivity index (χ3n) is 2.46. The zero-order valence-electron chi connectivity index (χ0n) is 10.5. The van der Waals surface area contributed by atoms with Crippen molar-refractivity contribution in [3.63, 3.8) is 0 Å². The molecule has 98 valence electrons. The van der Waals surface area contributed by atoms with Crippen molar-refractivity contribution >= 4 is 12.0 Å². The maximum atomic E-state index is 11.8. The number of nitrogens with zero attached hydrogens (tertiary/aromatic N) is 2. The first kappa shape index (κ1) is 14.0. The summed E-state index contributed by atoms with van der Waals surface area (Å²) < 4.78 is 0. The van der Waals surface area contributed by atoms with Gasteiger partial charge in [0.1, 0.15) is 6.04 Å². The summed E-state index contributed by atoms with van der Waals surface area (Å²) in [5.41, 5.74) is 0.762. The fraction of sp³-hybridized carbons (Fsp3) is 0.417. The molecule has 0 unspecified atom stereocenters. The molecule has 1 aromatic heterocycles. The zero-order valence-corrected chi connectivity index (χ0v) is 10.5. The van der Waals surface area contributed by atoms with E-state index in [0.29, 0.717) is 13.1 Å². The second-order valence-electron chi connectivity index (χ2n) is 3.84. The molecule has 6 heteroatoms. The van der Waals surface area contributed by atoms with Crippen LogP contribution in [0.2, 0.25) is 0 Å². The Bertz CT molecular complexity index is 408. The standard InChI is InChI=1S/C12H17N3O3/c1-3-15(8-10-6-4-5-7-13-10)12(18)14-9(2)11(16)17/h4-7,9H,3,8H2,1-2H3,(H,14,18)(H,16,17)/t9-/m1/s1. The summed E-state index contributed by atoms with van der Waals surface area (Å²) in [7, 11) is 0. The summed E-state index contributed by atoms with van der Waals surface area (Å²) in [6.07, 6.45) is 1.65. The van der Waals surface area contributed by atoms with Crippen molar-refractivity contribution in [2.75, 3.05) is 6.54 Å². The van der Waals surface area contributed by atoms with E-state index in [-0.39, 0.29) is 0 Å². The summed E-state index contributed by atoms with van der Waals surface area (Å²) >= 11 is 0. The van der Waals surface area contributed by atoms with Gasteiger partial charge in [-0.2, -0.15) is 0 Å². The molecular weight excluding hydrogens is 234 g/mol. The number of hydrogen-bond donors (Lipinski definition) is 2. The van der Waals surface area contributed by atoms with Gasteiger partial charge in [0.05, 0.1) is 12.2 Å². The second-order valence-corrected chi connectivity index (χ2v) is 3.84. The van der Waals surface area contributed by atoms with Gasteiger partial charge in [-0.05, 0) is 26.0 Å². The van der Waals surface area contributed by atoms with Crippen LogP contribution in [-0.4, -0.2) is 39.6 Å². The van der Waals surface area contributed by atoms with E-state index in [9.17, 15) is 9.59 Å². The van der Waals surface area contributed by atoms with E-state index in [1.165, 1.54) is 11.8 Å². The number of carboxylic acids is 1. The first-order valence-electron chi connectivity index (χ1n) is 5.72. The molecule has 18 heavy (non-hydrogen) atoms. The molecule has 2 amide bonds. The molecule has 2 N–H and O–H groups in total. The molecule has 0 aliphatic carbocycles. The largest absolute Gasteiger partial charge is 0.480 e. The highest BCUT2D eigenvalue weighted by Gasteiger charge is 2.18. The molecule has 1 atom stereocenters. The molecule has 0 spiro atoms. The average Bonchev–Trinajstić information content (AvgIpc) is 2.36. The van der Waals surface area contributed by atoms with Crippen LogP contribution >= 0.6 is 0 Å². The van der Waals surface area contributed by atoms with Gasteiger partial charge in [-0.15, -0.1) is 0 Å². The minimum Gasteiger partial charge on any atom is -0.480 e. The smallest absolute Gasteiger partial charge is 0.325 e. The van der Waals surface area contributed by atoms with Crippen LogP contribution in [0.3, 0.4) is 0 Å². The van der Waals surface area contributed by atoms with Crippen LogP contribution in [0.15, 0.2) is 24.4 Å². The Balaban J connectivity index is 2.61. The number of carbonyl (C=O) groups is 2. The molecule has 0 saturated heterocycles. The number of carboxylic acid groups (broad SMARTS) is 1. The number of aromatic nitrogens is 1. The quantitative estimate of drug-likeness (QED) is 0.820. The van der Waals surface area contributed by atoms with Gasteiger partial charge in [0, 0.05) is 12.7 Å². The van der Waals surface area contributed by atoms with E-state index in [1.54, 1.807) is 12.3 Å². The molecule has 6 nitrogen and oxygen atoms in total. The summed E-state index contributed by atoms with van der Waals surface area (Å²) in [6.45, 7) is 4.09. The molecule has 0 saturated carbocycles. The van der Waals surface area contributed by atoms with E-state index in [0.717, 1.165) is 5.69 Å². The van der Waals surface area contributed by atoms with Gasteiger partial charge < -0.3 is 15.3 Å². The average molecular weight is 251 g/mol. The highest BCUT2D eigenvalue weighted by atomic mass is 16.4. The Labute approximate surface area is 106 Å². The van der Waals surface area contributed by atoms with Crippen LogP contribution in [0.4, 0.5) is 4.79 Å². The first-order valence-corrected chi connectivity index (χ1v) is 5.72. The van der Waals surface area contributed by atoms with Gasteiger partial charge in [-0.1, -0.05) is 6.07 Å². The van der Waals surface area contributed by atoms with Crippen molar-refractivity contribution < 1.29 is 14.7 Å². The maximum absolute atomic E-state index is 11.8. The highest BCUT2D eigenvalue weighted by Crippen LogP contribution is 2.01. The monoisotopic (exact) mass is 251 g/mol. The van der Waals surface area contributed by atoms with Crippen LogP contribution in [0.1, 0.15) is 19.5 Å². The lowest BCUT2D eigenvalue weighted by atomic mass is 10.3. The number of hydrogen-bond acceptors (Lipinski definition) is 3. The van der Waals surface area contributed by atoms with Crippen molar-refractivity contribution in [2.24, 2.45) is 0 Å². The van der Waals surface area contributed by atoms with Crippen LogP contribution in [0.5, 0.6) is 0 Å². The van der Waals surface area contributed by atoms with Crippen LogP contribution in [-0.2, 0) is 11.3 Å². The van der Waals surface area contributed by atoms with Crippen molar-refractivity contribution in [1.29, 1.82) is 0 Å². The second kappa shape index (κ2) is 6.58. The summed E-state index contributed by atoms with van der Waals surface area (Å²) in [5.74, 6) is -1.06. The summed E-state index contributed by atoms with van der Waals surface area (Å²) in [6, 6.07) is 4.14. The van der Waals surface area contributed by atoms with Crippen LogP contribution in [0.25, 0.3) is 0 Å². The Morgan fingerprint density at radius 1 is 1.50 bits per heavy atom. The van der Waals surface area contributed by atoms with Gasteiger partial charge in [0.2, 0.25) is 0 Å². The fourth-order valence-electron chi connectivity index (χ4n) is 1.35. The van der Waals surface area contributed by atoms with E-state index < -0.39 is 18.0 Å². The summed E-state index contributed by atoms with van der Waals surface area (Å²) in [4.78, 5) is 28.1. The van der Waals surface area contributed by atoms with E-state index in [4.69, 9.17) is 5.11 Å². The van der Waals surface area contributed by atoms with E-state index in [2.05, 4.69) is 10.3 Å². The van der Waals surface area contributed by atoms with Crippen molar-refractivity contribution in [2.45, 2.75) is 26.4 Å². The zero-order chi connectivity index (χ0) is 13.5. The van der Waals surface area contributed by atoms with E-state index >= 15 is 0 Å². The van der Waals surface area contributed by atoms with Gasteiger partial charge in [0.15, 0.2) is 0 Å². The van der Waals surface area contributed by atoms with Crippen molar-refractivity contribution in [1.82, 2.24) is 15.2 Å². The Morgan fingerprint density at radius 2 is 2.22 bits per heavy atom. The molecule has 1 aromatic rings. The Kier molecular flexibility index (Phi) is 5.10. The SMILES string of the molecule is CCN(Cc1ccccn1)C(=O)N[C@H](C)C(=O)O. The number of pyridine rings is 1. The molecule has 0 radical (unpaired) electrons. The van der Waals surface area contributed by atoms with Crippen LogP contribution in [0, 0.1) is 0 Å². The first-order chi connectivity index (χ1) is 8.54. The van der Waals surface area contributed by atoms with Crippen molar-refractivity contribution in [3.05, 3.63) is 30.1 Å². The Morgan fingerprint density at radius 3 is 2.72 bits per heavy atom. The lowest BCUT2D eigenvalue weighted by Gasteiger charge is -2.22. The summed E-state index contributed by atoms with van der Waals surface area (Å²) in [5, 5.41) is 11.1. The highest BCUT2D eigenvalue weighted by molar-refractivity contribution is 5.82. The fourth-order valence-corrected chi connectivity index (χ4v) is 1.35. The third kappa shape index (κ3) is 4.04. The predicted molar refractivity (Wildman–Crippen MR) is 66.0 cm³/mol. The molecule has 0 fully saturated rings. The van der Waals surface area contributed by atoms with Gasteiger partial charge in [0.25, 0.3) is 0 Å². The number of carbonyl (C=O) groups excluding carboxylic acids is 1. The van der Waals surface area contributed by atoms with Gasteiger partial charge in [-0.3, -0.25) is 9.78 Å². The molecule has 0 aliphatic heterocycles. The number of aliphatic carboxylic acids is 1. The predicted octanol–water partition coefficient (Wildman–Crippen LogP) is 1.09. The molecule has 0 aliphatic rings. The minimum atomic E-state index is -1.06. The molecule has 0 bridgehead atoms. The van der Waals surface area contributed by atoms with Crippen molar-refractivity contribution in [3.8, 4) is 0 Å². The molecular formula is C12H17N3O3. The number of urea groups is 1. The number of nitrogens with one attached hydrogen (secondary N) is 1. The van der Waals surface area contributed by atoms with Gasteiger partial charge >= 0.3 is 12.0 Å². The van der Waals surface area contributed by atoms with Crippen LogP contribution < -0.4 is 5.32 Å².